The van der Waals surface area contributed by atoms with Crippen molar-refractivity contribution in [1.29, 1.82) is 0 Å². The maximum atomic E-state index is 12.9. The molecule has 0 spiro atoms. The van der Waals surface area contributed by atoms with Crippen LogP contribution in [0.2, 0.25) is 0 Å². The first-order valence-corrected chi connectivity index (χ1v) is 14.9. The van der Waals surface area contributed by atoms with Crippen LogP contribution in [0, 0.1) is 5.92 Å². The Morgan fingerprint density at radius 3 is 2.08 bits per heavy atom. The third kappa shape index (κ3) is 10.4. The number of quaternary nitrogens is 1. The van der Waals surface area contributed by atoms with Crippen molar-refractivity contribution in [3.63, 3.8) is 0 Å². The van der Waals surface area contributed by atoms with E-state index in [9.17, 15) is 28.8 Å². The summed E-state index contributed by atoms with van der Waals surface area (Å²) >= 11 is -0.583. The number of rotatable bonds is 14. The third-order valence-electron chi connectivity index (χ3n) is 5.76. The number of halogens is 1. The summed E-state index contributed by atoms with van der Waals surface area (Å²) in [6.45, 7) is 5.60. The number of aliphatic carboxylic acids is 1. The average Bonchev–Trinajstić information content (AvgIpc) is 3.17. The molecule has 1 aliphatic rings. The second-order valence-electron chi connectivity index (χ2n) is 9.96. The molecule has 0 radical (unpaired) electrons. The number of carboxylic acids is 1. The molecule has 0 unspecified atom stereocenters. The molecular formula is C26H36IN5O7. The van der Waals surface area contributed by atoms with Gasteiger partial charge in [0.2, 0.25) is 5.91 Å². The molecule has 0 saturated carbocycles. The molecule has 0 saturated heterocycles. The normalized spacial score (nSPS) is 14.9. The molecule has 0 aromatic heterocycles. The van der Waals surface area contributed by atoms with E-state index in [2.05, 4.69) is 16.0 Å². The van der Waals surface area contributed by atoms with Crippen LogP contribution < -0.4 is 37.4 Å². The van der Waals surface area contributed by atoms with Gasteiger partial charge in [-0.3, -0.25) is 19.3 Å². The molecule has 13 heteroatoms. The number of nitrogens with one attached hydrogen (secondary N) is 3. The summed E-state index contributed by atoms with van der Waals surface area (Å²) in [5, 5.41) is 16.9. The van der Waals surface area contributed by atoms with Crippen molar-refractivity contribution >= 4 is 41.2 Å². The van der Waals surface area contributed by atoms with E-state index < -0.39 is 69.1 Å². The molecule has 2 atom stereocenters. The molecule has 2 rings (SSSR count). The molecule has 0 fully saturated rings. The predicted octanol–water partition coefficient (Wildman–Crippen LogP) is -2.75. The average molecular weight is 658 g/mol. The Labute approximate surface area is 238 Å². The Kier molecular flexibility index (Phi) is 11.6. The van der Waals surface area contributed by atoms with Crippen LogP contribution >= 0.6 is 0 Å². The van der Waals surface area contributed by atoms with Crippen LogP contribution in [-0.4, -0.2) is 85.4 Å². The van der Waals surface area contributed by atoms with Gasteiger partial charge in [-0.15, -0.1) is 0 Å². The predicted molar refractivity (Wildman–Crippen MR) is 138 cm³/mol. The standard InChI is InChI=1S/C26H36IN5O7/c1-16(2)24(30-20(33)12-13-31-21(34)10-11-22(31)35)26(39)28-17(3)25(38)29-19-8-6-18(7-9-19)15-32(4,5)27-14-23(36)37/h6-11,16-17,24H,12-15H2,1-5H3,(H,28,39)(H,29,38)(H,30,33)(H,36,37)/t17-,24-/m0/s1. The summed E-state index contributed by atoms with van der Waals surface area (Å²) in [5.74, 6) is -3.51. The van der Waals surface area contributed by atoms with Gasteiger partial charge >= 0.3 is 152 Å². The molecule has 0 bridgehead atoms. The van der Waals surface area contributed by atoms with Crippen LogP contribution in [0.1, 0.15) is 32.8 Å². The molecule has 0 aliphatic carbocycles. The molecule has 4 N–H and O–H groups in total. The van der Waals surface area contributed by atoms with E-state index in [-0.39, 0.29) is 23.3 Å². The van der Waals surface area contributed by atoms with Gasteiger partial charge in [-0.25, -0.2) is 0 Å². The Morgan fingerprint density at radius 1 is 0.949 bits per heavy atom. The Balaban J connectivity index is 1.87. The first-order chi connectivity index (χ1) is 18.2. The molecule has 5 amide bonds. The molecule has 12 nitrogen and oxygen atoms in total. The fourth-order valence-corrected chi connectivity index (χ4v) is 5.50. The van der Waals surface area contributed by atoms with Crippen LogP contribution in [0.25, 0.3) is 0 Å². The Morgan fingerprint density at radius 2 is 1.54 bits per heavy atom. The van der Waals surface area contributed by atoms with E-state index in [0.29, 0.717) is 14.9 Å². The van der Waals surface area contributed by atoms with Gasteiger partial charge in [0.05, 0.1) is 0 Å². The van der Waals surface area contributed by atoms with Crippen molar-refractivity contribution in [2.45, 2.75) is 45.8 Å². The van der Waals surface area contributed by atoms with E-state index in [0.717, 1.165) is 22.6 Å². The van der Waals surface area contributed by atoms with Crippen LogP contribution in [0.15, 0.2) is 36.4 Å². The van der Waals surface area contributed by atoms with E-state index in [1.165, 1.54) is 6.92 Å². The van der Waals surface area contributed by atoms with Gasteiger partial charge in [0.1, 0.15) is 0 Å². The van der Waals surface area contributed by atoms with Gasteiger partial charge < -0.3 is 5.32 Å². The summed E-state index contributed by atoms with van der Waals surface area (Å²) in [5.41, 5.74) is 1.55. The van der Waals surface area contributed by atoms with E-state index in [4.69, 9.17) is 5.11 Å². The minimum absolute atomic E-state index is 0.0963. The third-order valence-corrected chi connectivity index (χ3v) is 8.94. The number of anilines is 1. The van der Waals surface area contributed by atoms with Gasteiger partial charge in [0.25, 0.3) is 11.8 Å². The second-order valence-corrected chi connectivity index (χ2v) is 14.0. The molecule has 214 valence electrons. The number of alkyl halides is 1. The van der Waals surface area contributed by atoms with E-state index in [1.54, 1.807) is 26.0 Å². The number of carbonyl (C=O) groups excluding carboxylic acids is 5. The minimum atomic E-state index is -0.916. The SMILES string of the molecule is CC(C)[C@H](NC(=O)CCN1C(=O)C=CC1=O)C(=O)N[C@@H](C)C(=O)Nc1ccc(C[N+](C)(C)[I-]CC(=O)O)cc1. The van der Waals surface area contributed by atoms with Crippen molar-refractivity contribution in [1.82, 2.24) is 15.5 Å². The number of hydrogen-bond donors (Lipinski definition) is 4. The molecular weight excluding hydrogens is 621 g/mol. The molecule has 1 heterocycles. The summed E-state index contributed by atoms with van der Waals surface area (Å²) in [6.07, 6.45) is 2.12. The Bertz CT molecular complexity index is 1120. The monoisotopic (exact) mass is 657 g/mol. The number of amides is 5. The van der Waals surface area contributed by atoms with E-state index >= 15 is 0 Å². The van der Waals surface area contributed by atoms with Gasteiger partial charge in [-0.05, 0) is 5.92 Å². The Hall–Kier alpha value is -3.33. The number of benzene rings is 1. The van der Waals surface area contributed by atoms with Crippen molar-refractivity contribution in [2.75, 3.05) is 30.4 Å². The summed E-state index contributed by atoms with van der Waals surface area (Å²) < 4.78 is 0.794. The zero-order valence-electron chi connectivity index (χ0n) is 22.7. The van der Waals surface area contributed by atoms with Crippen molar-refractivity contribution < 1.29 is 58.0 Å². The fraction of sp³-hybridized carbons (Fsp3) is 0.462. The molecule has 1 aliphatic heterocycles. The van der Waals surface area contributed by atoms with Crippen molar-refractivity contribution in [3.8, 4) is 0 Å². The first kappa shape index (κ1) is 31.9. The van der Waals surface area contributed by atoms with E-state index in [1.807, 2.05) is 26.2 Å². The summed E-state index contributed by atoms with van der Waals surface area (Å²) in [6, 6.07) is 5.43. The number of carbonyl (C=O) groups is 6. The topological polar surface area (TPSA) is 162 Å². The van der Waals surface area contributed by atoms with Crippen LogP contribution in [0.5, 0.6) is 0 Å². The molecule has 39 heavy (non-hydrogen) atoms. The van der Waals surface area contributed by atoms with Crippen LogP contribution in [0.4, 0.5) is 5.69 Å². The summed E-state index contributed by atoms with van der Waals surface area (Å²) in [7, 11) is 3.99. The molecule has 1 aromatic rings. The van der Waals surface area contributed by atoms with Crippen LogP contribution in [-0.2, 0) is 35.3 Å². The zero-order valence-corrected chi connectivity index (χ0v) is 24.9. The van der Waals surface area contributed by atoms with Gasteiger partial charge in [0.15, 0.2) is 0 Å². The van der Waals surface area contributed by atoms with Gasteiger partial charge in [-0.1, -0.05) is 13.8 Å². The van der Waals surface area contributed by atoms with Crippen molar-refractivity contribution in [3.05, 3.63) is 42.0 Å². The summed E-state index contributed by atoms with van der Waals surface area (Å²) in [4.78, 5) is 73.1. The fourth-order valence-electron chi connectivity index (χ4n) is 3.65. The zero-order chi connectivity index (χ0) is 29.3. The number of hydrogen-bond acceptors (Lipinski definition) is 6. The number of imide groups is 1. The van der Waals surface area contributed by atoms with Crippen molar-refractivity contribution in [2.24, 2.45) is 5.92 Å². The number of nitrogens with zero attached hydrogens (tertiary/aromatic N) is 2. The van der Waals surface area contributed by atoms with Crippen LogP contribution in [0.3, 0.4) is 0 Å². The molecule has 1 aromatic carbocycles. The van der Waals surface area contributed by atoms with Gasteiger partial charge in [0, 0.05) is 25.1 Å². The van der Waals surface area contributed by atoms with Gasteiger partial charge in [-0.2, -0.15) is 0 Å². The maximum absolute atomic E-state index is 12.9. The number of carboxylic acid groups (broad SMARTS) is 1. The second kappa shape index (κ2) is 14.2. The quantitative estimate of drug-likeness (QED) is 0.0731. The first-order valence-electron chi connectivity index (χ1n) is 12.4.